The summed E-state index contributed by atoms with van der Waals surface area (Å²) in [5.74, 6) is -1.85. The number of benzene rings is 1. The number of hydrogen-bond acceptors (Lipinski definition) is 4. The number of carbonyl (C=O) groups excluding carboxylic acids is 3. The summed E-state index contributed by atoms with van der Waals surface area (Å²) in [5.41, 5.74) is -1.59. The van der Waals surface area contributed by atoms with Crippen molar-refractivity contribution in [3.8, 4) is 0 Å². The summed E-state index contributed by atoms with van der Waals surface area (Å²) < 4.78 is 0. The molecule has 0 radical (unpaired) electrons. The summed E-state index contributed by atoms with van der Waals surface area (Å²) in [5, 5.41) is 11.6. The van der Waals surface area contributed by atoms with Gasteiger partial charge in [-0.15, -0.1) is 0 Å². The maximum Gasteiger partial charge on any atom is 1.00 e. The molecule has 2 atom stereocenters. The maximum absolute atomic E-state index is 12.4. The fourth-order valence-electron chi connectivity index (χ4n) is 3.98. The predicted octanol–water partition coefficient (Wildman–Crippen LogP) is -1.91. The number of hydrogen-bond donors (Lipinski definition) is 0. The Hall–Kier alpha value is -0.534. The fraction of sp³-hybridized carbons (Fsp3) is 0.471. The van der Waals surface area contributed by atoms with Crippen LogP contribution in [0.25, 0.3) is 0 Å². The van der Waals surface area contributed by atoms with Gasteiger partial charge in [-0.3, -0.25) is 14.5 Å². The van der Waals surface area contributed by atoms with Crippen molar-refractivity contribution < 1.29 is 70.9 Å². The van der Waals surface area contributed by atoms with Gasteiger partial charge in [-0.2, -0.15) is 0 Å². The molecule has 1 saturated carbocycles. The number of imide groups is 1. The summed E-state index contributed by atoms with van der Waals surface area (Å²) in [4.78, 5) is 37.6. The summed E-state index contributed by atoms with van der Waals surface area (Å²) in [6.07, 6.45) is 0. The molecule has 0 saturated heterocycles. The molecule has 2 aliphatic rings. The zero-order chi connectivity index (χ0) is 16.5. The fourth-order valence-corrected chi connectivity index (χ4v) is 3.98. The third-order valence-electron chi connectivity index (χ3n) is 6.43. The Morgan fingerprint density at radius 2 is 1.48 bits per heavy atom. The Kier molecular flexibility index (Phi) is 4.49. The molecule has 0 unspecified atom stereocenters. The standard InChI is InChI=1S/C17H19NO4.K/c1-15(2)16(3,17(15,4)14(21)22)9-18-12(19)10-7-5-6-8-11(10)13(18)20;/h5-8H,9H2,1-4H3,(H,21,22);/q;+1/p-1/t16-,17+;/m0./s1. The van der Waals surface area contributed by atoms with Crippen LogP contribution >= 0.6 is 0 Å². The molecule has 23 heavy (non-hydrogen) atoms. The zero-order valence-corrected chi connectivity index (χ0v) is 17.2. The molecule has 116 valence electrons. The summed E-state index contributed by atoms with van der Waals surface area (Å²) in [7, 11) is 0. The normalized spacial score (nSPS) is 30.7. The second kappa shape index (κ2) is 5.49. The largest absolute Gasteiger partial charge is 1.00 e. The van der Waals surface area contributed by atoms with Crippen molar-refractivity contribution in [3.63, 3.8) is 0 Å². The number of amides is 2. The molecular formula is C17H18KNO4. The van der Waals surface area contributed by atoms with Crippen molar-refractivity contribution in [2.75, 3.05) is 6.54 Å². The zero-order valence-electron chi connectivity index (χ0n) is 14.1. The van der Waals surface area contributed by atoms with Gasteiger partial charge in [0.05, 0.1) is 11.1 Å². The number of rotatable bonds is 3. The Morgan fingerprint density at radius 3 is 1.83 bits per heavy atom. The van der Waals surface area contributed by atoms with Gasteiger partial charge < -0.3 is 9.90 Å². The van der Waals surface area contributed by atoms with Crippen LogP contribution in [-0.2, 0) is 4.79 Å². The first-order valence-electron chi connectivity index (χ1n) is 7.26. The van der Waals surface area contributed by atoms with E-state index < -0.39 is 22.2 Å². The van der Waals surface area contributed by atoms with Crippen LogP contribution in [0.1, 0.15) is 48.4 Å². The third kappa shape index (κ3) is 2.08. The Labute approximate surface area is 177 Å². The summed E-state index contributed by atoms with van der Waals surface area (Å²) >= 11 is 0. The Bertz CT molecular complexity index is 694. The molecule has 0 N–H and O–H groups in total. The monoisotopic (exact) mass is 339 g/mol. The molecule has 1 aromatic carbocycles. The van der Waals surface area contributed by atoms with E-state index in [-0.39, 0.29) is 69.7 Å². The minimum atomic E-state index is -1.14. The number of carboxylic acids is 1. The molecule has 0 bridgehead atoms. The van der Waals surface area contributed by atoms with Crippen LogP contribution in [0.15, 0.2) is 24.3 Å². The van der Waals surface area contributed by atoms with Crippen molar-refractivity contribution in [2.45, 2.75) is 27.7 Å². The van der Waals surface area contributed by atoms with Gasteiger partial charge in [0.2, 0.25) is 0 Å². The van der Waals surface area contributed by atoms with Crippen LogP contribution < -0.4 is 56.5 Å². The molecule has 1 heterocycles. The molecule has 0 aromatic heterocycles. The first-order valence-corrected chi connectivity index (χ1v) is 7.26. The molecule has 2 amide bonds. The molecule has 1 fully saturated rings. The van der Waals surface area contributed by atoms with Crippen LogP contribution in [0.4, 0.5) is 0 Å². The van der Waals surface area contributed by atoms with Crippen LogP contribution in [0.3, 0.4) is 0 Å². The van der Waals surface area contributed by atoms with Gasteiger partial charge in [0.1, 0.15) is 0 Å². The smallest absolute Gasteiger partial charge is 0.550 e. The average Bonchev–Trinajstić information content (AvgIpc) is 2.69. The molecule has 1 aliphatic carbocycles. The maximum atomic E-state index is 12.4. The molecule has 0 spiro atoms. The Morgan fingerprint density at radius 1 is 1.04 bits per heavy atom. The molecule has 1 aromatic rings. The van der Waals surface area contributed by atoms with Crippen molar-refractivity contribution in [1.29, 1.82) is 0 Å². The molecular weight excluding hydrogens is 321 g/mol. The van der Waals surface area contributed by atoms with Gasteiger partial charge >= 0.3 is 51.4 Å². The summed E-state index contributed by atoms with van der Waals surface area (Å²) in [6.45, 7) is 7.17. The second-order valence-electron chi connectivity index (χ2n) is 7.11. The third-order valence-corrected chi connectivity index (χ3v) is 6.43. The van der Waals surface area contributed by atoms with Gasteiger partial charge in [0.25, 0.3) is 11.8 Å². The van der Waals surface area contributed by atoms with E-state index in [1.54, 1.807) is 38.1 Å². The molecule has 3 rings (SSSR count). The van der Waals surface area contributed by atoms with E-state index >= 15 is 0 Å². The number of fused-ring (bicyclic) bond motifs is 1. The predicted molar refractivity (Wildman–Crippen MR) is 76.8 cm³/mol. The van der Waals surface area contributed by atoms with Crippen molar-refractivity contribution in [1.82, 2.24) is 4.90 Å². The van der Waals surface area contributed by atoms with Crippen molar-refractivity contribution in [3.05, 3.63) is 35.4 Å². The first kappa shape index (κ1) is 18.8. The van der Waals surface area contributed by atoms with E-state index in [0.29, 0.717) is 11.1 Å². The first-order chi connectivity index (χ1) is 10.1. The molecule has 1 aliphatic heterocycles. The van der Waals surface area contributed by atoms with Gasteiger partial charge in [-0.05, 0) is 17.5 Å². The number of nitrogens with zero attached hydrogens (tertiary/aromatic N) is 1. The van der Waals surface area contributed by atoms with E-state index in [1.807, 2.05) is 13.8 Å². The Balaban J connectivity index is 0.00000192. The number of carbonyl (C=O) groups is 3. The number of aliphatic carboxylic acids is 1. The van der Waals surface area contributed by atoms with Crippen LogP contribution in [0, 0.1) is 16.2 Å². The second-order valence-corrected chi connectivity index (χ2v) is 7.11. The SMILES string of the molecule is CC1(C)[C@](C)(CN2C(=O)c3ccccc3C2=O)[C@]1(C)C(=O)[O-].[K+]. The van der Waals surface area contributed by atoms with Gasteiger partial charge in [0.15, 0.2) is 0 Å². The summed E-state index contributed by atoms with van der Waals surface area (Å²) in [6, 6.07) is 6.66. The quantitative estimate of drug-likeness (QED) is 0.476. The van der Waals surface area contributed by atoms with Crippen molar-refractivity contribution in [2.24, 2.45) is 16.2 Å². The van der Waals surface area contributed by atoms with Crippen LogP contribution in [-0.4, -0.2) is 29.2 Å². The van der Waals surface area contributed by atoms with Gasteiger partial charge in [-0.25, -0.2) is 0 Å². The minimum Gasteiger partial charge on any atom is -0.550 e. The molecule has 5 nitrogen and oxygen atoms in total. The van der Waals surface area contributed by atoms with E-state index in [4.69, 9.17) is 0 Å². The van der Waals surface area contributed by atoms with Crippen molar-refractivity contribution >= 4 is 17.8 Å². The van der Waals surface area contributed by atoms with Crippen LogP contribution in [0.5, 0.6) is 0 Å². The topological polar surface area (TPSA) is 77.5 Å². The minimum absolute atomic E-state index is 0. The average molecular weight is 339 g/mol. The van der Waals surface area contributed by atoms with E-state index in [1.165, 1.54) is 4.90 Å². The van der Waals surface area contributed by atoms with Gasteiger partial charge in [0, 0.05) is 23.3 Å². The molecule has 6 heteroatoms. The van der Waals surface area contributed by atoms with E-state index in [9.17, 15) is 19.5 Å². The van der Waals surface area contributed by atoms with Crippen LogP contribution in [0.2, 0.25) is 0 Å². The number of carboxylic acid groups (broad SMARTS) is 1. The van der Waals surface area contributed by atoms with E-state index in [2.05, 4.69) is 0 Å². The van der Waals surface area contributed by atoms with E-state index in [0.717, 1.165) is 0 Å². The van der Waals surface area contributed by atoms with Gasteiger partial charge in [-0.1, -0.05) is 39.8 Å².